The molecule has 2 N–H and O–H groups in total. The van der Waals surface area contributed by atoms with Crippen LogP contribution in [0.4, 0.5) is 14.5 Å². The second-order valence-corrected chi connectivity index (χ2v) is 5.77. The molecule has 1 fully saturated rings. The number of hydrogen-bond acceptors (Lipinski definition) is 4. The summed E-state index contributed by atoms with van der Waals surface area (Å²) in [7, 11) is 0. The number of alkyl halides is 2. The van der Waals surface area contributed by atoms with Gasteiger partial charge in [-0.2, -0.15) is 13.9 Å². The van der Waals surface area contributed by atoms with Crippen molar-refractivity contribution in [3.05, 3.63) is 29.7 Å². The van der Waals surface area contributed by atoms with Crippen LogP contribution in [0.2, 0.25) is 5.15 Å². The Kier molecular flexibility index (Phi) is 4.26. The van der Waals surface area contributed by atoms with E-state index in [4.69, 9.17) is 11.6 Å². The third kappa shape index (κ3) is 3.20. The molecule has 118 valence electrons. The van der Waals surface area contributed by atoms with Crippen LogP contribution in [0.25, 0.3) is 11.3 Å². The maximum atomic E-state index is 12.6. The summed E-state index contributed by atoms with van der Waals surface area (Å²) in [6.07, 6.45) is 4.05. The number of halogens is 3. The summed E-state index contributed by atoms with van der Waals surface area (Å²) in [5.74, 6) is 0.397. The van der Waals surface area contributed by atoms with Crippen LogP contribution in [0.15, 0.2) is 24.5 Å². The maximum absolute atomic E-state index is 12.6. The van der Waals surface area contributed by atoms with Crippen LogP contribution in [0, 0.1) is 5.92 Å². The van der Waals surface area contributed by atoms with Crippen molar-refractivity contribution in [2.75, 3.05) is 11.9 Å². The van der Waals surface area contributed by atoms with Gasteiger partial charge in [0.25, 0.3) is 0 Å². The van der Waals surface area contributed by atoms with Crippen LogP contribution in [0.5, 0.6) is 0 Å². The number of rotatable bonds is 5. The van der Waals surface area contributed by atoms with Crippen LogP contribution in [0.1, 0.15) is 19.4 Å². The SMILES string of the molecule is OC1CC(CNc2cc(Cl)ncc2-c2ccn(C(F)F)n2)C1. The minimum absolute atomic E-state index is 0.214. The van der Waals surface area contributed by atoms with Gasteiger partial charge in [0.15, 0.2) is 0 Å². The molecule has 0 bridgehead atoms. The average Bonchev–Trinajstić information content (AvgIpc) is 2.92. The van der Waals surface area contributed by atoms with E-state index < -0.39 is 6.55 Å². The topological polar surface area (TPSA) is 63.0 Å². The van der Waals surface area contributed by atoms with Gasteiger partial charge >= 0.3 is 6.55 Å². The van der Waals surface area contributed by atoms with E-state index in [1.54, 1.807) is 6.07 Å². The van der Waals surface area contributed by atoms with E-state index in [1.807, 2.05) is 0 Å². The Labute approximate surface area is 130 Å². The van der Waals surface area contributed by atoms with E-state index in [9.17, 15) is 13.9 Å². The number of pyridine rings is 1. The molecule has 0 saturated heterocycles. The largest absolute Gasteiger partial charge is 0.393 e. The zero-order valence-electron chi connectivity index (χ0n) is 11.6. The third-order valence-corrected chi connectivity index (χ3v) is 3.95. The quantitative estimate of drug-likeness (QED) is 0.828. The molecule has 0 spiro atoms. The number of nitrogens with zero attached hydrogens (tertiary/aromatic N) is 3. The van der Waals surface area contributed by atoms with E-state index in [2.05, 4.69) is 15.4 Å². The number of nitrogens with one attached hydrogen (secondary N) is 1. The van der Waals surface area contributed by atoms with Gasteiger partial charge in [-0.15, -0.1) is 0 Å². The van der Waals surface area contributed by atoms with Gasteiger partial charge in [0.05, 0.1) is 11.8 Å². The summed E-state index contributed by atoms with van der Waals surface area (Å²) in [6.45, 7) is -2.00. The van der Waals surface area contributed by atoms with Crippen LogP contribution < -0.4 is 5.32 Å². The highest BCUT2D eigenvalue weighted by atomic mass is 35.5. The summed E-state index contributed by atoms with van der Waals surface area (Å²) in [6, 6.07) is 3.16. The molecular formula is C14H15ClF2N4O. The first-order chi connectivity index (χ1) is 10.5. The summed E-state index contributed by atoms with van der Waals surface area (Å²) < 4.78 is 25.9. The van der Waals surface area contributed by atoms with Crippen LogP contribution in [-0.2, 0) is 0 Å². The minimum Gasteiger partial charge on any atom is -0.393 e. The first kappa shape index (κ1) is 15.2. The Morgan fingerprint density at radius 2 is 2.23 bits per heavy atom. The van der Waals surface area contributed by atoms with E-state index in [1.165, 1.54) is 18.5 Å². The van der Waals surface area contributed by atoms with Crippen molar-refractivity contribution in [2.45, 2.75) is 25.5 Å². The van der Waals surface area contributed by atoms with Crippen molar-refractivity contribution >= 4 is 17.3 Å². The molecule has 22 heavy (non-hydrogen) atoms. The Morgan fingerprint density at radius 3 is 2.86 bits per heavy atom. The molecule has 0 amide bonds. The van der Waals surface area contributed by atoms with Crippen molar-refractivity contribution in [3.8, 4) is 11.3 Å². The summed E-state index contributed by atoms with van der Waals surface area (Å²) >= 11 is 5.91. The summed E-state index contributed by atoms with van der Waals surface area (Å²) in [4.78, 5) is 3.99. The molecule has 8 heteroatoms. The molecule has 3 rings (SSSR count). The van der Waals surface area contributed by atoms with Crippen molar-refractivity contribution < 1.29 is 13.9 Å². The minimum atomic E-state index is -2.68. The predicted octanol–water partition coefficient (Wildman–Crippen LogP) is 3.18. The lowest BCUT2D eigenvalue weighted by Gasteiger charge is -2.31. The van der Waals surface area contributed by atoms with Crippen molar-refractivity contribution in [3.63, 3.8) is 0 Å². The standard InChI is InChI=1S/C14H15ClF2N4O/c15-13-5-12(18-6-8-3-9(22)4-8)10(7-19-13)11-1-2-21(20-11)14(16)17/h1-2,5,7-9,14,22H,3-4,6H2,(H,18,19). The number of aromatic nitrogens is 3. The second kappa shape index (κ2) is 6.18. The normalized spacial score (nSPS) is 21.0. The van der Waals surface area contributed by atoms with Gasteiger partial charge < -0.3 is 10.4 Å². The number of anilines is 1. The lowest BCUT2D eigenvalue weighted by molar-refractivity contribution is 0.0487. The van der Waals surface area contributed by atoms with Crippen LogP contribution in [0.3, 0.4) is 0 Å². The molecule has 2 aromatic rings. The van der Waals surface area contributed by atoms with E-state index >= 15 is 0 Å². The molecule has 0 radical (unpaired) electrons. The fourth-order valence-electron chi connectivity index (χ4n) is 2.49. The van der Waals surface area contributed by atoms with Gasteiger partial charge in [-0.3, -0.25) is 0 Å². The van der Waals surface area contributed by atoms with E-state index in [0.717, 1.165) is 12.8 Å². The number of aliphatic hydroxyl groups excluding tert-OH is 1. The monoisotopic (exact) mass is 328 g/mol. The van der Waals surface area contributed by atoms with Crippen molar-refractivity contribution in [2.24, 2.45) is 5.92 Å². The molecule has 2 aromatic heterocycles. The molecule has 1 aliphatic rings. The third-order valence-electron chi connectivity index (χ3n) is 3.75. The van der Waals surface area contributed by atoms with Gasteiger partial charge in [0, 0.05) is 30.2 Å². The molecule has 0 aliphatic heterocycles. The highest BCUT2D eigenvalue weighted by Crippen LogP contribution is 2.31. The van der Waals surface area contributed by atoms with Crippen molar-refractivity contribution in [1.29, 1.82) is 0 Å². The van der Waals surface area contributed by atoms with Crippen LogP contribution in [-0.4, -0.2) is 32.5 Å². The smallest absolute Gasteiger partial charge is 0.333 e. The zero-order chi connectivity index (χ0) is 15.7. The van der Waals surface area contributed by atoms with Gasteiger partial charge in [-0.25, -0.2) is 9.67 Å². The maximum Gasteiger partial charge on any atom is 0.333 e. The van der Waals surface area contributed by atoms with Crippen molar-refractivity contribution in [1.82, 2.24) is 14.8 Å². The fourth-order valence-corrected chi connectivity index (χ4v) is 2.65. The first-order valence-corrected chi connectivity index (χ1v) is 7.32. The Bertz CT molecular complexity index is 658. The highest BCUT2D eigenvalue weighted by Gasteiger charge is 2.27. The number of aliphatic hydroxyl groups is 1. The Morgan fingerprint density at radius 1 is 1.45 bits per heavy atom. The van der Waals surface area contributed by atoms with Crippen LogP contribution >= 0.6 is 11.6 Å². The van der Waals surface area contributed by atoms with Gasteiger partial charge in [-0.1, -0.05) is 11.6 Å². The predicted molar refractivity (Wildman–Crippen MR) is 78.9 cm³/mol. The lowest BCUT2D eigenvalue weighted by Crippen LogP contribution is -2.33. The average molecular weight is 329 g/mol. The molecule has 0 aromatic carbocycles. The lowest BCUT2D eigenvalue weighted by atomic mass is 9.82. The molecule has 5 nitrogen and oxygen atoms in total. The van der Waals surface area contributed by atoms with Gasteiger partial charge in [0.1, 0.15) is 5.15 Å². The highest BCUT2D eigenvalue weighted by molar-refractivity contribution is 6.29. The fraction of sp³-hybridized carbons (Fsp3) is 0.429. The number of hydrogen-bond donors (Lipinski definition) is 2. The molecule has 1 aliphatic carbocycles. The molecular weight excluding hydrogens is 314 g/mol. The summed E-state index contributed by atoms with van der Waals surface area (Å²) in [5, 5.41) is 16.7. The Balaban J connectivity index is 1.80. The molecule has 1 saturated carbocycles. The molecule has 0 unspecified atom stereocenters. The van der Waals surface area contributed by atoms with Gasteiger partial charge in [-0.05, 0) is 30.9 Å². The molecule has 2 heterocycles. The zero-order valence-corrected chi connectivity index (χ0v) is 12.3. The van der Waals surface area contributed by atoms with E-state index in [0.29, 0.717) is 39.2 Å². The van der Waals surface area contributed by atoms with Gasteiger partial charge in [0.2, 0.25) is 0 Å². The summed E-state index contributed by atoms with van der Waals surface area (Å²) in [5.41, 5.74) is 1.71. The Hall–Kier alpha value is -1.73. The second-order valence-electron chi connectivity index (χ2n) is 5.38. The van der Waals surface area contributed by atoms with E-state index in [-0.39, 0.29) is 6.10 Å². The molecule has 0 atom stereocenters. The first-order valence-electron chi connectivity index (χ1n) is 6.94.